The van der Waals surface area contributed by atoms with Crippen LogP contribution in [0.4, 0.5) is 5.13 Å². The summed E-state index contributed by atoms with van der Waals surface area (Å²) in [6, 6.07) is 9.72. The summed E-state index contributed by atoms with van der Waals surface area (Å²) in [6.45, 7) is 2.56. The number of hydrogen-bond donors (Lipinski definition) is 1. The van der Waals surface area contributed by atoms with E-state index in [-0.39, 0.29) is 18.4 Å². The van der Waals surface area contributed by atoms with Crippen LogP contribution in [0.5, 0.6) is 0 Å². The van der Waals surface area contributed by atoms with Crippen LogP contribution in [0.25, 0.3) is 6.08 Å². The van der Waals surface area contributed by atoms with Gasteiger partial charge < -0.3 is 10.2 Å². The number of nitrogens with one attached hydrogen (secondary N) is 1. The summed E-state index contributed by atoms with van der Waals surface area (Å²) in [5, 5.41) is 5.28. The standard InChI is InChI=1S/C22H27N3O2S/c1-17-16-28-22(23-17)24-20(26)15-25(14-19-10-6-3-7-11-19)21(27)13-12-18-8-4-2-5-9-18/h2,4-5,8-9,12-13,16,19H,3,6-7,10-11,14-15H2,1H3,(H,23,24,26)/b13-12+. The zero-order valence-corrected chi connectivity index (χ0v) is 17.1. The molecule has 0 atom stereocenters. The molecule has 6 heteroatoms. The molecule has 0 radical (unpaired) electrons. The lowest BCUT2D eigenvalue weighted by Crippen LogP contribution is -2.40. The van der Waals surface area contributed by atoms with Gasteiger partial charge in [0.05, 0.1) is 5.69 Å². The summed E-state index contributed by atoms with van der Waals surface area (Å²) >= 11 is 1.40. The zero-order chi connectivity index (χ0) is 19.8. The Kier molecular flexibility index (Phi) is 7.37. The fourth-order valence-corrected chi connectivity index (χ4v) is 4.20. The molecule has 148 valence electrons. The highest BCUT2D eigenvalue weighted by Crippen LogP contribution is 2.24. The molecule has 3 rings (SSSR count). The first-order valence-corrected chi connectivity index (χ1v) is 10.7. The lowest BCUT2D eigenvalue weighted by Gasteiger charge is -2.28. The Morgan fingerprint density at radius 3 is 2.64 bits per heavy atom. The molecule has 2 aromatic rings. The van der Waals surface area contributed by atoms with Crippen LogP contribution in [0.3, 0.4) is 0 Å². The fourth-order valence-electron chi connectivity index (χ4n) is 3.49. The van der Waals surface area contributed by atoms with Crippen LogP contribution in [-0.2, 0) is 9.59 Å². The van der Waals surface area contributed by atoms with Gasteiger partial charge in [-0.1, -0.05) is 49.6 Å². The van der Waals surface area contributed by atoms with E-state index in [9.17, 15) is 9.59 Å². The predicted octanol–water partition coefficient (Wildman–Crippen LogP) is 4.51. The van der Waals surface area contributed by atoms with Crippen LogP contribution < -0.4 is 5.32 Å². The summed E-state index contributed by atoms with van der Waals surface area (Å²) in [5.74, 6) is 0.143. The molecule has 5 nitrogen and oxygen atoms in total. The van der Waals surface area contributed by atoms with E-state index in [2.05, 4.69) is 10.3 Å². The summed E-state index contributed by atoms with van der Waals surface area (Å²) in [6.07, 6.45) is 9.30. The van der Waals surface area contributed by atoms with E-state index >= 15 is 0 Å². The van der Waals surface area contributed by atoms with Crippen molar-refractivity contribution in [3.8, 4) is 0 Å². The highest BCUT2D eigenvalue weighted by atomic mass is 32.1. The Bertz CT molecular complexity index is 810. The number of aryl methyl sites for hydroxylation is 1. The Balaban J connectivity index is 1.65. The largest absolute Gasteiger partial charge is 0.330 e. The monoisotopic (exact) mass is 397 g/mol. The molecule has 0 aliphatic heterocycles. The quantitative estimate of drug-likeness (QED) is 0.699. The summed E-state index contributed by atoms with van der Waals surface area (Å²) in [7, 11) is 0. The molecule has 1 N–H and O–H groups in total. The third-order valence-corrected chi connectivity index (χ3v) is 5.81. The molecule has 2 amide bonds. The molecule has 28 heavy (non-hydrogen) atoms. The lowest BCUT2D eigenvalue weighted by atomic mass is 9.89. The van der Waals surface area contributed by atoms with Crippen molar-refractivity contribution in [2.75, 3.05) is 18.4 Å². The second kappa shape index (κ2) is 10.2. The maximum atomic E-state index is 12.8. The van der Waals surface area contributed by atoms with Crippen molar-refractivity contribution >= 4 is 34.4 Å². The van der Waals surface area contributed by atoms with Gasteiger partial charge in [-0.25, -0.2) is 4.98 Å². The molecule has 1 aromatic carbocycles. The Morgan fingerprint density at radius 2 is 1.96 bits per heavy atom. The summed E-state index contributed by atoms with van der Waals surface area (Å²) in [5.41, 5.74) is 1.84. The molecular weight excluding hydrogens is 370 g/mol. The van der Waals surface area contributed by atoms with Crippen molar-refractivity contribution < 1.29 is 9.59 Å². The number of thiazole rings is 1. The van der Waals surface area contributed by atoms with Crippen LogP contribution in [0.1, 0.15) is 43.4 Å². The van der Waals surface area contributed by atoms with Crippen molar-refractivity contribution in [1.82, 2.24) is 9.88 Å². The van der Waals surface area contributed by atoms with Gasteiger partial charge >= 0.3 is 0 Å². The van der Waals surface area contributed by atoms with E-state index in [4.69, 9.17) is 0 Å². The number of benzene rings is 1. The van der Waals surface area contributed by atoms with Crippen LogP contribution in [-0.4, -0.2) is 34.8 Å². The first kappa shape index (κ1) is 20.3. The van der Waals surface area contributed by atoms with Crippen molar-refractivity contribution in [2.24, 2.45) is 5.92 Å². The van der Waals surface area contributed by atoms with Gasteiger partial charge in [0.25, 0.3) is 0 Å². The van der Waals surface area contributed by atoms with E-state index in [1.807, 2.05) is 42.6 Å². The Morgan fingerprint density at radius 1 is 1.21 bits per heavy atom. The molecule has 0 bridgehead atoms. The maximum absolute atomic E-state index is 12.8. The third kappa shape index (κ3) is 6.30. The molecule has 1 aliphatic rings. The molecule has 0 spiro atoms. The average molecular weight is 398 g/mol. The number of amides is 2. The Hall–Kier alpha value is -2.47. The SMILES string of the molecule is Cc1csc(NC(=O)CN(CC2CCCCC2)C(=O)/C=C/c2ccccc2)n1. The van der Waals surface area contributed by atoms with Crippen molar-refractivity contribution in [3.05, 3.63) is 53.0 Å². The molecule has 1 aromatic heterocycles. The molecule has 1 fully saturated rings. The normalized spacial score (nSPS) is 14.9. The van der Waals surface area contributed by atoms with E-state index in [0.717, 1.165) is 24.1 Å². The van der Waals surface area contributed by atoms with Gasteiger partial charge in [-0.15, -0.1) is 11.3 Å². The second-order valence-corrected chi connectivity index (χ2v) is 8.17. The minimum atomic E-state index is -0.202. The van der Waals surface area contributed by atoms with Crippen molar-refractivity contribution in [3.63, 3.8) is 0 Å². The van der Waals surface area contributed by atoms with Gasteiger partial charge in [0.1, 0.15) is 6.54 Å². The smallest absolute Gasteiger partial charge is 0.247 e. The number of nitrogens with zero attached hydrogens (tertiary/aromatic N) is 2. The number of carbonyl (C=O) groups excluding carboxylic acids is 2. The highest BCUT2D eigenvalue weighted by molar-refractivity contribution is 7.13. The predicted molar refractivity (Wildman–Crippen MR) is 114 cm³/mol. The molecule has 1 saturated carbocycles. The lowest BCUT2D eigenvalue weighted by molar-refractivity contribution is -0.131. The summed E-state index contributed by atoms with van der Waals surface area (Å²) < 4.78 is 0. The van der Waals surface area contributed by atoms with E-state index in [0.29, 0.717) is 17.6 Å². The minimum Gasteiger partial charge on any atom is -0.330 e. The van der Waals surface area contributed by atoms with Crippen molar-refractivity contribution in [2.45, 2.75) is 39.0 Å². The van der Waals surface area contributed by atoms with Crippen LogP contribution in [0.15, 0.2) is 41.8 Å². The summed E-state index contributed by atoms with van der Waals surface area (Å²) in [4.78, 5) is 31.3. The van der Waals surface area contributed by atoms with Gasteiger partial charge in [0.15, 0.2) is 5.13 Å². The van der Waals surface area contributed by atoms with Gasteiger partial charge in [-0.2, -0.15) is 0 Å². The van der Waals surface area contributed by atoms with Gasteiger partial charge in [-0.05, 0) is 37.3 Å². The Labute approximate surface area is 170 Å². The van der Waals surface area contributed by atoms with E-state index in [1.165, 1.54) is 30.6 Å². The molecule has 1 aliphatic carbocycles. The topological polar surface area (TPSA) is 62.3 Å². The zero-order valence-electron chi connectivity index (χ0n) is 16.3. The van der Waals surface area contributed by atoms with Crippen LogP contribution >= 0.6 is 11.3 Å². The minimum absolute atomic E-state index is 0.0487. The van der Waals surface area contributed by atoms with E-state index in [1.54, 1.807) is 17.1 Å². The first-order valence-electron chi connectivity index (χ1n) is 9.84. The van der Waals surface area contributed by atoms with Gasteiger partial charge in [0, 0.05) is 18.0 Å². The molecule has 0 saturated heterocycles. The van der Waals surface area contributed by atoms with Crippen LogP contribution in [0.2, 0.25) is 0 Å². The van der Waals surface area contributed by atoms with Crippen LogP contribution in [0, 0.1) is 12.8 Å². The number of anilines is 1. The third-order valence-electron chi connectivity index (χ3n) is 4.93. The fraction of sp³-hybridized carbons (Fsp3) is 0.409. The molecular formula is C22H27N3O2S. The molecule has 0 unspecified atom stereocenters. The van der Waals surface area contributed by atoms with Gasteiger partial charge in [-0.3, -0.25) is 9.59 Å². The maximum Gasteiger partial charge on any atom is 0.247 e. The van der Waals surface area contributed by atoms with E-state index < -0.39 is 0 Å². The number of rotatable bonds is 7. The number of carbonyl (C=O) groups is 2. The average Bonchev–Trinajstić information content (AvgIpc) is 3.11. The number of hydrogen-bond acceptors (Lipinski definition) is 4. The highest BCUT2D eigenvalue weighted by Gasteiger charge is 2.22. The van der Waals surface area contributed by atoms with Crippen molar-refractivity contribution in [1.29, 1.82) is 0 Å². The second-order valence-electron chi connectivity index (χ2n) is 7.31. The number of aromatic nitrogens is 1. The first-order chi connectivity index (χ1) is 13.6. The van der Waals surface area contributed by atoms with Gasteiger partial charge in [0.2, 0.25) is 11.8 Å². The molecule has 1 heterocycles.